The molecule has 0 unspecified atom stereocenters. The Morgan fingerprint density at radius 1 is 0.500 bits per heavy atom. The first-order valence-corrected chi connectivity index (χ1v) is 19.5. The van der Waals surface area contributed by atoms with Crippen molar-refractivity contribution in [3.63, 3.8) is 0 Å². The average Bonchev–Trinajstić information content (AvgIpc) is 3.09. The summed E-state index contributed by atoms with van der Waals surface area (Å²) in [5.74, 6) is -0.632. The number of rotatable bonds is 34. The van der Waals surface area contributed by atoms with Gasteiger partial charge in [-0.3, -0.25) is 9.59 Å². The highest BCUT2D eigenvalue weighted by Crippen LogP contribution is 2.12. The van der Waals surface area contributed by atoms with Gasteiger partial charge in [0.1, 0.15) is 6.61 Å². The van der Waals surface area contributed by atoms with Gasteiger partial charge in [-0.25, -0.2) is 0 Å². The Morgan fingerprint density at radius 3 is 1.35 bits per heavy atom. The van der Waals surface area contributed by atoms with E-state index in [4.69, 9.17) is 9.47 Å². The summed E-state index contributed by atoms with van der Waals surface area (Å²) in [6.07, 6.45) is 51.0. The first-order chi connectivity index (χ1) is 23.6. The molecule has 274 valence electrons. The number of allylic oxidation sites excluding steroid dienone is 12. The topological polar surface area (TPSA) is 72.8 Å². The molecule has 5 nitrogen and oxygen atoms in total. The highest BCUT2D eigenvalue weighted by Gasteiger charge is 2.16. The first kappa shape index (κ1) is 45.3. The average molecular weight is 669 g/mol. The van der Waals surface area contributed by atoms with E-state index in [1.807, 2.05) is 0 Å². The highest BCUT2D eigenvalue weighted by molar-refractivity contribution is 5.70. The molecular formula is C43H72O5. The molecule has 5 heteroatoms. The van der Waals surface area contributed by atoms with Gasteiger partial charge in [0.2, 0.25) is 0 Å². The summed E-state index contributed by atoms with van der Waals surface area (Å²) in [6.45, 7) is 3.96. The van der Waals surface area contributed by atoms with Crippen LogP contribution in [0.2, 0.25) is 0 Å². The number of carbonyl (C=O) groups excluding carboxylic acids is 2. The minimum atomic E-state index is -0.788. The van der Waals surface area contributed by atoms with Gasteiger partial charge in [-0.2, -0.15) is 0 Å². The van der Waals surface area contributed by atoms with Crippen molar-refractivity contribution < 1.29 is 24.2 Å². The number of hydrogen-bond acceptors (Lipinski definition) is 5. The molecule has 0 saturated carbocycles. The summed E-state index contributed by atoms with van der Waals surface area (Å²) in [5, 5.41) is 9.55. The maximum Gasteiger partial charge on any atom is 0.306 e. The largest absolute Gasteiger partial charge is 0.462 e. The van der Waals surface area contributed by atoms with Crippen LogP contribution in [0.15, 0.2) is 72.9 Å². The van der Waals surface area contributed by atoms with Gasteiger partial charge >= 0.3 is 11.9 Å². The second kappa shape index (κ2) is 38.8. The van der Waals surface area contributed by atoms with Crippen molar-refractivity contribution in [3.8, 4) is 0 Å². The van der Waals surface area contributed by atoms with E-state index in [1.165, 1.54) is 51.4 Å². The van der Waals surface area contributed by atoms with E-state index in [9.17, 15) is 14.7 Å². The number of esters is 2. The van der Waals surface area contributed by atoms with Gasteiger partial charge < -0.3 is 14.6 Å². The summed E-state index contributed by atoms with van der Waals surface area (Å²) in [4.78, 5) is 24.2. The van der Waals surface area contributed by atoms with Crippen LogP contribution in [0.3, 0.4) is 0 Å². The lowest BCUT2D eigenvalue weighted by Crippen LogP contribution is -2.28. The predicted octanol–water partition coefficient (Wildman–Crippen LogP) is 12.2. The molecule has 0 amide bonds. The van der Waals surface area contributed by atoms with Gasteiger partial charge in [-0.05, 0) is 83.5 Å². The Balaban J connectivity index is 3.64. The van der Waals surface area contributed by atoms with Gasteiger partial charge in [0.25, 0.3) is 0 Å². The predicted molar refractivity (Wildman–Crippen MR) is 205 cm³/mol. The van der Waals surface area contributed by atoms with Crippen molar-refractivity contribution in [2.75, 3.05) is 13.2 Å². The maximum atomic E-state index is 12.2. The monoisotopic (exact) mass is 669 g/mol. The van der Waals surface area contributed by atoms with Crippen molar-refractivity contribution in [2.24, 2.45) is 0 Å². The van der Waals surface area contributed by atoms with Crippen LogP contribution < -0.4 is 0 Å². The maximum absolute atomic E-state index is 12.2. The molecule has 0 fully saturated rings. The number of ether oxygens (including phenoxy) is 2. The molecule has 0 aliphatic heterocycles. The zero-order valence-corrected chi connectivity index (χ0v) is 31.0. The summed E-state index contributed by atoms with van der Waals surface area (Å²) in [7, 11) is 0. The third-order valence-corrected chi connectivity index (χ3v) is 7.98. The van der Waals surface area contributed by atoms with E-state index >= 15 is 0 Å². The van der Waals surface area contributed by atoms with Crippen molar-refractivity contribution in [1.29, 1.82) is 0 Å². The molecule has 0 spiro atoms. The Bertz CT molecular complexity index is 895. The molecule has 0 aliphatic rings. The lowest BCUT2D eigenvalue weighted by atomic mass is 10.1. The van der Waals surface area contributed by atoms with E-state index in [1.54, 1.807) is 0 Å². The van der Waals surface area contributed by atoms with Crippen LogP contribution in [0.4, 0.5) is 0 Å². The molecule has 0 radical (unpaired) electrons. The molecule has 0 aromatic carbocycles. The molecule has 1 N–H and O–H groups in total. The van der Waals surface area contributed by atoms with E-state index in [0.717, 1.165) is 89.9 Å². The van der Waals surface area contributed by atoms with E-state index in [2.05, 4.69) is 86.8 Å². The van der Waals surface area contributed by atoms with Crippen LogP contribution in [0, 0.1) is 0 Å². The van der Waals surface area contributed by atoms with Crippen molar-refractivity contribution in [3.05, 3.63) is 72.9 Å². The SMILES string of the molecule is CC/C=C\C/C=C\C/C=C\CCCCCCCC(=O)OC[C@H](CO)OC(=O)CCCCCCCC/C=C\C/C=C\C/C=C\CCCCC. The molecule has 0 rings (SSSR count). The van der Waals surface area contributed by atoms with E-state index in [-0.39, 0.29) is 25.2 Å². The minimum Gasteiger partial charge on any atom is -0.462 e. The van der Waals surface area contributed by atoms with Crippen LogP contribution in [-0.4, -0.2) is 36.4 Å². The molecule has 48 heavy (non-hydrogen) atoms. The van der Waals surface area contributed by atoms with Gasteiger partial charge in [-0.1, -0.05) is 145 Å². The third-order valence-electron chi connectivity index (χ3n) is 7.98. The van der Waals surface area contributed by atoms with Crippen LogP contribution in [0.25, 0.3) is 0 Å². The molecule has 0 heterocycles. The summed E-state index contributed by atoms with van der Waals surface area (Å²) in [6, 6.07) is 0. The second-order valence-electron chi connectivity index (χ2n) is 12.6. The molecule has 0 aromatic heterocycles. The Labute approximate surface area is 295 Å². The fourth-order valence-corrected chi connectivity index (χ4v) is 5.04. The third kappa shape index (κ3) is 36.2. The fourth-order valence-electron chi connectivity index (χ4n) is 5.04. The molecule has 0 aromatic rings. The van der Waals surface area contributed by atoms with Gasteiger partial charge in [0.05, 0.1) is 6.61 Å². The Kier molecular flexibility index (Phi) is 36.6. The first-order valence-electron chi connectivity index (χ1n) is 19.5. The number of carbonyl (C=O) groups is 2. The second-order valence-corrected chi connectivity index (χ2v) is 12.6. The van der Waals surface area contributed by atoms with Crippen LogP contribution in [0.1, 0.15) is 168 Å². The number of hydrogen-bond donors (Lipinski definition) is 1. The normalized spacial score (nSPS) is 13.0. The van der Waals surface area contributed by atoms with Crippen molar-refractivity contribution in [2.45, 2.75) is 174 Å². The highest BCUT2D eigenvalue weighted by atomic mass is 16.6. The van der Waals surface area contributed by atoms with Crippen LogP contribution in [0.5, 0.6) is 0 Å². The summed E-state index contributed by atoms with van der Waals surface area (Å²) < 4.78 is 10.6. The molecular weight excluding hydrogens is 596 g/mol. The summed E-state index contributed by atoms with van der Waals surface area (Å²) in [5.41, 5.74) is 0. The number of unbranched alkanes of at least 4 members (excludes halogenated alkanes) is 14. The smallest absolute Gasteiger partial charge is 0.306 e. The van der Waals surface area contributed by atoms with Crippen LogP contribution >= 0.6 is 0 Å². The molecule has 0 bridgehead atoms. The van der Waals surface area contributed by atoms with Crippen LogP contribution in [-0.2, 0) is 19.1 Å². The molecule has 0 aliphatic carbocycles. The van der Waals surface area contributed by atoms with E-state index in [0.29, 0.717) is 12.8 Å². The van der Waals surface area contributed by atoms with E-state index < -0.39 is 6.10 Å². The zero-order chi connectivity index (χ0) is 35.0. The number of aliphatic hydroxyl groups excluding tert-OH is 1. The lowest BCUT2D eigenvalue weighted by molar-refractivity contribution is -0.161. The van der Waals surface area contributed by atoms with Gasteiger partial charge in [0, 0.05) is 12.8 Å². The lowest BCUT2D eigenvalue weighted by Gasteiger charge is -2.15. The van der Waals surface area contributed by atoms with Gasteiger partial charge in [-0.15, -0.1) is 0 Å². The van der Waals surface area contributed by atoms with Crippen molar-refractivity contribution >= 4 is 11.9 Å². The van der Waals surface area contributed by atoms with Gasteiger partial charge in [0.15, 0.2) is 6.10 Å². The molecule has 1 atom stereocenters. The fraction of sp³-hybridized carbons (Fsp3) is 0.674. The Hall–Kier alpha value is -2.66. The number of aliphatic hydroxyl groups is 1. The quantitative estimate of drug-likeness (QED) is 0.0420. The minimum absolute atomic E-state index is 0.0840. The van der Waals surface area contributed by atoms with Crippen molar-refractivity contribution in [1.82, 2.24) is 0 Å². The summed E-state index contributed by atoms with van der Waals surface area (Å²) >= 11 is 0. The Morgan fingerprint density at radius 2 is 0.896 bits per heavy atom. The standard InChI is InChI=1S/C43H72O5/c1-3-5-7-9-11-13-15-17-19-20-21-22-24-26-28-30-32-34-36-38-43(46)48-41(39-44)40-47-42(45)37-35-33-31-29-27-25-23-18-16-14-12-10-8-6-4-2/h6,8,11-14,17-19,21-23,41,44H,3-5,7,9-10,15-16,20,24-40H2,1-2H3/b8-6-,13-11-,14-12-,19-17-,22-21-,23-18-/t41-/m0/s1. The molecule has 0 saturated heterocycles. The zero-order valence-electron chi connectivity index (χ0n) is 31.0.